The van der Waals surface area contributed by atoms with Crippen LogP contribution in [0, 0.1) is 5.41 Å². The molecule has 1 saturated heterocycles. The number of hydrogen-bond acceptors (Lipinski definition) is 7. The van der Waals surface area contributed by atoms with Gasteiger partial charge in [-0.25, -0.2) is 9.97 Å². The summed E-state index contributed by atoms with van der Waals surface area (Å²) in [6.07, 6.45) is 8.22. The van der Waals surface area contributed by atoms with Crippen molar-refractivity contribution >= 4 is 39.7 Å². The number of nitrogens with zero attached hydrogens (tertiary/aromatic N) is 6. The fraction of sp³-hybridized carbons (Fsp3) is 0.370. The van der Waals surface area contributed by atoms with E-state index in [4.69, 9.17) is 19.2 Å². The van der Waals surface area contributed by atoms with Crippen molar-refractivity contribution in [2.45, 2.75) is 33.8 Å². The summed E-state index contributed by atoms with van der Waals surface area (Å²) in [6, 6.07) is 3.86. The largest absolute Gasteiger partial charge is 0.454 e. The van der Waals surface area contributed by atoms with E-state index >= 15 is 0 Å². The summed E-state index contributed by atoms with van der Waals surface area (Å²) in [5.41, 5.74) is 8.92. The van der Waals surface area contributed by atoms with E-state index in [2.05, 4.69) is 56.9 Å². The first kappa shape index (κ1) is 24.3. The Morgan fingerprint density at radius 3 is 2.76 bits per heavy atom. The molecule has 11 heteroatoms. The number of aromatic nitrogens is 5. The van der Waals surface area contributed by atoms with Gasteiger partial charge in [-0.15, -0.1) is 5.43 Å². The molecule has 2 N–H and O–H groups in total. The highest BCUT2D eigenvalue weighted by atomic mass is 16.5. The standard InChI is InChI=1S/C27H31N8O3/c1-27(2,3)22-10-23(33-35(22)17-6-7-37-15-17)31-26-32-25-21(34(26)4)9-19(13-30-25)38-18-8-20-16(14-36-5)11-28-24(20)29-12-18/h8-13H,6-7,14-15H2,1-5H3,(H,28,29)(H,30,31,32,33)/q+1/b35-17+. The van der Waals surface area contributed by atoms with E-state index in [0.717, 1.165) is 46.7 Å². The number of imidazole rings is 1. The van der Waals surface area contributed by atoms with Crippen LogP contribution in [0.15, 0.2) is 47.5 Å². The molecule has 4 aromatic rings. The Hall–Kier alpha value is -4.09. The van der Waals surface area contributed by atoms with E-state index in [-0.39, 0.29) is 5.41 Å². The molecular formula is C27H31N8O3+. The van der Waals surface area contributed by atoms with E-state index in [1.165, 1.54) is 5.71 Å². The summed E-state index contributed by atoms with van der Waals surface area (Å²) in [6.45, 7) is 8.42. The van der Waals surface area contributed by atoms with Crippen LogP contribution >= 0.6 is 0 Å². The maximum absolute atomic E-state index is 6.12. The van der Waals surface area contributed by atoms with Crippen molar-refractivity contribution in [3.05, 3.63) is 48.1 Å². The zero-order valence-corrected chi connectivity index (χ0v) is 22.2. The molecule has 0 radical (unpaired) electrons. The second kappa shape index (κ2) is 9.34. The average Bonchev–Trinajstić information content (AvgIpc) is 3.67. The number of pyridine rings is 2. The van der Waals surface area contributed by atoms with E-state index in [1.54, 1.807) is 19.5 Å². The second-order valence-corrected chi connectivity index (χ2v) is 10.5. The van der Waals surface area contributed by atoms with Crippen LogP contribution in [0.3, 0.4) is 0 Å². The van der Waals surface area contributed by atoms with Crippen LogP contribution in [-0.4, -0.2) is 61.1 Å². The van der Waals surface area contributed by atoms with E-state index in [9.17, 15) is 0 Å². The lowest BCUT2D eigenvalue weighted by Gasteiger charge is -2.15. The number of aromatic amines is 1. The quantitative estimate of drug-likeness (QED) is 0.384. The van der Waals surface area contributed by atoms with Crippen molar-refractivity contribution in [2.24, 2.45) is 17.5 Å². The van der Waals surface area contributed by atoms with Crippen LogP contribution in [0.25, 0.3) is 22.2 Å². The van der Waals surface area contributed by atoms with Crippen LogP contribution in [0.5, 0.6) is 11.5 Å². The highest BCUT2D eigenvalue weighted by Crippen LogP contribution is 2.31. The lowest BCUT2D eigenvalue weighted by atomic mass is 9.92. The van der Waals surface area contributed by atoms with Crippen LogP contribution < -0.4 is 10.2 Å². The van der Waals surface area contributed by atoms with Gasteiger partial charge in [-0.05, 0) is 6.07 Å². The SMILES string of the molecule is COCc1c[nH]c2ncc(Oc3cnc4nc(/N=C5C=C(C(C)(C)C)/[N+](=C6/CCOC6)N\5)n(C)c4c3)cc12. The van der Waals surface area contributed by atoms with Crippen LogP contribution in [0.1, 0.15) is 32.8 Å². The Bertz CT molecular complexity index is 1630. The Labute approximate surface area is 219 Å². The van der Waals surface area contributed by atoms with E-state index in [0.29, 0.717) is 36.3 Å². The maximum atomic E-state index is 6.12. The van der Waals surface area contributed by atoms with Crippen LogP contribution in [-0.2, 0) is 23.1 Å². The number of H-pyrrole nitrogens is 1. The summed E-state index contributed by atoms with van der Waals surface area (Å²) in [5, 5.41) is 0.958. The molecule has 0 aliphatic carbocycles. The zero-order chi connectivity index (χ0) is 26.4. The number of hydrazine groups is 1. The van der Waals surface area contributed by atoms with Gasteiger partial charge < -0.3 is 23.8 Å². The third kappa shape index (κ3) is 4.44. The number of methoxy groups -OCH3 is 1. The molecule has 1 fully saturated rings. The monoisotopic (exact) mass is 515 g/mol. The minimum absolute atomic E-state index is 0.0669. The summed E-state index contributed by atoms with van der Waals surface area (Å²) in [5.74, 6) is 2.47. The van der Waals surface area contributed by atoms with Gasteiger partial charge in [0, 0.05) is 42.8 Å². The molecule has 0 amide bonds. The molecule has 2 aliphatic rings. The number of rotatable bonds is 5. The third-order valence-corrected chi connectivity index (χ3v) is 6.67. The Morgan fingerprint density at radius 2 is 2.00 bits per heavy atom. The molecule has 6 rings (SSSR count). The number of aryl methyl sites for hydroxylation is 1. The van der Waals surface area contributed by atoms with Gasteiger partial charge in [0.15, 0.2) is 11.5 Å². The third-order valence-electron chi connectivity index (χ3n) is 6.67. The summed E-state index contributed by atoms with van der Waals surface area (Å²) in [7, 11) is 3.59. The molecule has 2 aliphatic heterocycles. The first-order valence-electron chi connectivity index (χ1n) is 12.6. The fourth-order valence-electron chi connectivity index (χ4n) is 4.70. The first-order chi connectivity index (χ1) is 18.3. The van der Waals surface area contributed by atoms with Gasteiger partial charge >= 0.3 is 0 Å². The van der Waals surface area contributed by atoms with Crippen molar-refractivity contribution in [3.63, 3.8) is 0 Å². The molecular weight excluding hydrogens is 484 g/mol. The molecule has 0 unspecified atom stereocenters. The normalized spacial score (nSPS) is 19.1. The molecule has 4 aromatic heterocycles. The van der Waals surface area contributed by atoms with Gasteiger partial charge in [-0.2, -0.15) is 9.98 Å². The minimum atomic E-state index is -0.0669. The molecule has 0 saturated carbocycles. The van der Waals surface area contributed by atoms with Gasteiger partial charge in [0.25, 0.3) is 0 Å². The predicted octanol–water partition coefficient (Wildman–Crippen LogP) is 4.14. The van der Waals surface area contributed by atoms with Crippen LogP contribution in [0.4, 0.5) is 5.95 Å². The minimum Gasteiger partial charge on any atom is -0.454 e. The molecule has 6 heterocycles. The predicted molar refractivity (Wildman–Crippen MR) is 144 cm³/mol. The maximum Gasteiger partial charge on any atom is 0.234 e. The number of fused-ring (bicyclic) bond motifs is 2. The van der Waals surface area contributed by atoms with Gasteiger partial charge in [0.05, 0.1) is 43.6 Å². The van der Waals surface area contributed by atoms with Crippen molar-refractivity contribution in [1.29, 1.82) is 0 Å². The highest BCUT2D eigenvalue weighted by Gasteiger charge is 2.38. The van der Waals surface area contributed by atoms with Crippen molar-refractivity contribution in [2.75, 3.05) is 20.3 Å². The van der Waals surface area contributed by atoms with Crippen LogP contribution in [0.2, 0.25) is 0 Å². The summed E-state index contributed by atoms with van der Waals surface area (Å²) >= 11 is 0. The lowest BCUT2D eigenvalue weighted by Crippen LogP contribution is -2.35. The molecule has 0 bridgehead atoms. The van der Waals surface area contributed by atoms with E-state index < -0.39 is 0 Å². The number of hydrogen-bond donors (Lipinski definition) is 2. The van der Waals surface area contributed by atoms with E-state index in [1.807, 2.05) is 29.9 Å². The lowest BCUT2D eigenvalue weighted by molar-refractivity contribution is -0.528. The first-order valence-corrected chi connectivity index (χ1v) is 12.6. The molecule has 0 aromatic carbocycles. The smallest absolute Gasteiger partial charge is 0.234 e. The number of amidine groups is 1. The van der Waals surface area contributed by atoms with Gasteiger partial charge in [0.2, 0.25) is 17.4 Å². The van der Waals surface area contributed by atoms with Gasteiger partial charge in [-0.1, -0.05) is 25.5 Å². The van der Waals surface area contributed by atoms with Crippen molar-refractivity contribution < 1.29 is 18.9 Å². The molecule has 0 spiro atoms. The summed E-state index contributed by atoms with van der Waals surface area (Å²) in [4.78, 5) is 21.6. The molecule has 11 nitrogen and oxygen atoms in total. The van der Waals surface area contributed by atoms with Gasteiger partial charge in [-0.3, -0.25) is 0 Å². The second-order valence-electron chi connectivity index (χ2n) is 10.5. The van der Waals surface area contributed by atoms with Crippen molar-refractivity contribution in [1.82, 2.24) is 29.9 Å². The molecule has 196 valence electrons. The summed E-state index contributed by atoms with van der Waals surface area (Å²) < 4.78 is 21.0. The molecule has 38 heavy (non-hydrogen) atoms. The fourth-order valence-corrected chi connectivity index (χ4v) is 4.70. The Kier molecular flexibility index (Phi) is 5.96. The molecule has 0 atom stereocenters. The number of nitrogens with one attached hydrogen (secondary N) is 2. The topological polar surface area (TPSA) is 114 Å². The number of allylic oxidation sites excluding steroid dienone is 1. The Balaban J connectivity index is 1.30. The van der Waals surface area contributed by atoms with Gasteiger partial charge in [0.1, 0.15) is 23.8 Å². The number of aliphatic imine (C=N–C) groups is 1. The highest BCUT2D eigenvalue weighted by molar-refractivity contribution is 5.97. The van der Waals surface area contributed by atoms with Crippen molar-refractivity contribution in [3.8, 4) is 11.5 Å². The average molecular weight is 516 g/mol. The number of hydrazone groups is 1. The Morgan fingerprint density at radius 1 is 1.18 bits per heavy atom. The zero-order valence-electron chi connectivity index (χ0n) is 22.2. The number of ether oxygens (including phenoxy) is 3.